The Morgan fingerprint density at radius 1 is 1.14 bits per heavy atom. The third-order valence-corrected chi connectivity index (χ3v) is 5.61. The van der Waals surface area contributed by atoms with E-state index < -0.39 is 5.82 Å². The minimum Gasteiger partial charge on any atom is -0.337 e. The molecule has 2 aromatic rings. The number of hydrogen-bond donors (Lipinski definition) is 0. The highest BCUT2D eigenvalue weighted by Gasteiger charge is 2.26. The van der Waals surface area contributed by atoms with E-state index in [9.17, 15) is 14.0 Å². The van der Waals surface area contributed by atoms with E-state index >= 15 is 0 Å². The Morgan fingerprint density at radius 2 is 2.00 bits per heavy atom. The number of hydrogen-bond acceptors (Lipinski definition) is 4. The quantitative estimate of drug-likeness (QED) is 0.789. The van der Waals surface area contributed by atoms with Crippen molar-refractivity contribution >= 4 is 17.5 Å². The van der Waals surface area contributed by atoms with Gasteiger partial charge >= 0.3 is 0 Å². The number of carbonyl (C=O) groups is 2. The number of benzene rings is 1. The molecule has 0 N–H and O–H groups in total. The third-order valence-electron chi connectivity index (χ3n) is 5.61. The number of rotatable bonds is 4. The maximum absolute atomic E-state index is 14.5. The Morgan fingerprint density at radius 3 is 2.72 bits per heavy atom. The molecule has 4 rings (SSSR count). The van der Waals surface area contributed by atoms with Crippen LogP contribution in [0.1, 0.15) is 35.2 Å². The molecule has 2 aliphatic heterocycles. The zero-order valence-electron chi connectivity index (χ0n) is 16.7. The first-order valence-corrected chi connectivity index (χ1v) is 10.1. The van der Waals surface area contributed by atoms with Gasteiger partial charge in [0.05, 0.1) is 11.8 Å². The third kappa shape index (κ3) is 4.32. The van der Waals surface area contributed by atoms with Crippen LogP contribution in [0.3, 0.4) is 0 Å². The van der Waals surface area contributed by atoms with Crippen molar-refractivity contribution in [2.45, 2.75) is 25.8 Å². The van der Waals surface area contributed by atoms with Gasteiger partial charge in [-0.2, -0.15) is 5.10 Å². The van der Waals surface area contributed by atoms with Crippen LogP contribution in [0.25, 0.3) is 0 Å². The van der Waals surface area contributed by atoms with Crippen LogP contribution in [0.2, 0.25) is 0 Å². The van der Waals surface area contributed by atoms with Crippen molar-refractivity contribution in [1.82, 2.24) is 19.6 Å². The van der Waals surface area contributed by atoms with Gasteiger partial charge in [0.1, 0.15) is 5.82 Å². The van der Waals surface area contributed by atoms with Crippen molar-refractivity contribution in [3.8, 4) is 0 Å². The normalized spacial score (nSPS) is 18.3. The predicted molar refractivity (Wildman–Crippen MR) is 107 cm³/mol. The molecule has 0 atom stereocenters. The van der Waals surface area contributed by atoms with E-state index in [1.54, 1.807) is 20.5 Å². The van der Waals surface area contributed by atoms with Crippen LogP contribution in [0.4, 0.5) is 10.1 Å². The Labute approximate surface area is 169 Å². The Hall–Kier alpha value is -2.74. The molecular weight excluding hydrogens is 373 g/mol. The number of aryl methyl sites for hydroxylation is 1. The lowest BCUT2D eigenvalue weighted by Gasteiger charge is -2.23. The monoisotopic (exact) mass is 399 g/mol. The SMILES string of the molecule is Cn1cc(CN2CCCN(C(=O)c3cc(N4CCCC4=O)ccc3F)CC2)cn1. The Bertz CT molecular complexity index is 912. The highest BCUT2D eigenvalue weighted by molar-refractivity contribution is 5.99. The number of nitrogens with zero attached hydrogens (tertiary/aromatic N) is 5. The summed E-state index contributed by atoms with van der Waals surface area (Å²) in [6, 6.07) is 4.40. The van der Waals surface area contributed by atoms with Crippen molar-refractivity contribution in [2.24, 2.45) is 7.05 Å². The predicted octanol–water partition coefficient (Wildman–Crippen LogP) is 2.03. The van der Waals surface area contributed by atoms with Crippen LogP contribution in [0, 0.1) is 5.82 Å². The molecule has 0 saturated carbocycles. The Balaban J connectivity index is 1.44. The molecule has 0 bridgehead atoms. The van der Waals surface area contributed by atoms with Gasteiger partial charge in [0.2, 0.25) is 5.91 Å². The van der Waals surface area contributed by atoms with Gasteiger partial charge in [-0.25, -0.2) is 4.39 Å². The number of aromatic nitrogens is 2. The molecule has 0 spiro atoms. The van der Waals surface area contributed by atoms with Crippen molar-refractivity contribution in [3.05, 3.63) is 47.5 Å². The zero-order valence-corrected chi connectivity index (χ0v) is 16.7. The van der Waals surface area contributed by atoms with Gasteiger partial charge < -0.3 is 9.80 Å². The molecule has 1 aromatic heterocycles. The lowest BCUT2D eigenvalue weighted by Crippen LogP contribution is -2.35. The molecule has 154 valence electrons. The molecule has 0 unspecified atom stereocenters. The van der Waals surface area contributed by atoms with E-state index in [-0.39, 0.29) is 17.4 Å². The molecule has 0 aliphatic carbocycles. The lowest BCUT2D eigenvalue weighted by molar-refractivity contribution is -0.117. The molecule has 2 fully saturated rings. The maximum atomic E-state index is 14.5. The molecular formula is C21H26FN5O2. The summed E-state index contributed by atoms with van der Waals surface area (Å²) in [7, 11) is 1.89. The van der Waals surface area contributed by atoms with E-state index in [1.807, 2.05) is 19.4 Å². The van der Waals surface area contributed by atoms with E-state index in [2.05, 4.69) is 10.00 Å². The van der Waals surface area contributed by atoms with Gasteiger partial charge in [-0.1, -0.05) is 0 Å². The second-order valence-corrected chi connectivity index (χ2v) is 7.76. The minimum absolute atomic E-state index is 0.0239. The molecule has 8 heteroatoms. The molecule has 2 aliphatic rings. The second-order valence-electron chi connectivity index (χ2n) is 7.76. The summed E-state index contributed by atoms with van der Waals surface area (Å²) in [6.07, 6.45) is 5.97. The van der Waals surface area contributed by atoms with Gasteiger partial charge in [0.15, 0.2) is 0 Å². The van der Waals surface area contributed by atoms with Gasteiger partial charge in [-0.3, -0.25) is 19.2 Å². The average Bonchev–Trinajstić information content (AvgIpc) is 3.24. The van der Waals surface area contributed by atoms with E-state index in [0.29, 0.717) is 31.7 Å². The fourth-order valence-electron chi connectivity index (χ4n) is 4.08. The number of halogens is 1. The van der Waals surface area contributed by atoms with Crippen molar-refractivity contribution in [1.29, 1.82) is 0 Å². The molecule has 1 aromatic carbocycles. The van der Waals surface area contributed by atoms with E-state index in [1.165, 1.54) is 12.1 Å². The average molecular weight is 399 g/mol. The molecule has 2 amide bonds. The van der Waals surface area contributed by atoms with Gasteiger partial charge in [0, 0.05) is 70.2 Å². The highest BCUT2D eigenvalue weighted by Crippen LogP contribution is 2.25. The van der Waals surface area contributed by atoms with E-state index in [4.69, 9.17) is 0 Å². The first-order chi connectivity index (χ1) is 14.0. The zero-order chi connectivity index (χ0) is 20.4. The summed E-state index contributed by atoms with van der Waals surface area (Å²) in [5, 5.41) is 4.20. The van der Waals surface area contributed by atoms with Gasteiger partial charge in [-0.05, 0) is 31.0 Å². The van der Waals surface area contributed by atoms with Crippen molar-refractivity contribution in [2.75, 3.05) is 37.6 Å². The minimum atomic E-state index is -0.540. The molecule has 2 saturated heterocycles. The smallest absolute Gasteiger partial charge is 0.256 e. The number of carbonyl (C=O) groups excluding carboxylic acids is 2. The number of anilines is 1. The van der Waals surface area contributed by atoms with Crippen LogP contribution >= 0.6 is 0 Å². The number of amides is 2. The van der Waals surface area contributed by atoms with Crippen molar-refractivity contribution in [3.63, 3.8) is 0 Å². The molecule has 0 radical (unpaired) electrons. The summed E-state index contributed by atoms with van der Waals surface area (Å²) in [6.45, 7) is 4.15. The van der Waals surface area contributed by atoms with Crippen LogP contribution in [-0.2, 0) is 18.4 Å². The lowest BCUT2D eigenvalue weighted by atomic mass is 10.1. The first kappa shape index (κ1) is 19.6. The largest absolute Gasteiger partial charge is 0.337 e. The van der Waals surface area contributed by atoms with Crippen LogP contribution in [0.15, 0.2) is 30.6 Å². The summed E-state index contributed by atoms with van der Waals surface area (Å²) in [5.74, 6) is -0.822. The topological polar surface area (TPSA) is 61.7 Å². The highest BCUT2D eigenvalue weighted by atomic mass is 19.1. The van der Waals surface area contributed by atoms with Gasteiger partial charge in [0.25, 0.3) is 5.91 Å². The second kappa shape index (κ2) is 8.32. The van der Waals surface area contributed by atoms with E-state index in [0.717, 1.165) is 38.0 Å². The molecule has 29 heavy (non-hydrogen) atoms. The molecule has 3 heterocycles. The van der Waals surface area contributed by atoms with Crippen molar-refractivity contribution < 1.29 is 14.0 Å². The summed E-state index contributed by atoms with van der Waals surface area (Å²) < 4.78 is 16.2. The summed E-state index contributed by atoms with van der Waals surface area (Å²) in [5.41, 5.74) is 1.79. The van der Waals surface area contributed by atoms with Crippen LogP contribution < -0.4 is 4.90 Å². The fourth-order valence-corrected chi connectivity index (χ4v) is 4.08. The van der Waals surface area contributed by atoms with Crippen LogP contribution in [-0.4, -0.2) is 64.1 Å². The summed E-state index contributed by atoms with van der Waals surface area (Å²) >= 11 is 0. The van der Waals surface area contributed by atoms with Crippen LogP contribution in [0.5, 0.6) is 0 Å². The molecule has 7 nitrogen and oxygen atoms in total. The maximum Gasteiger partial charge on any atom is 0.256 e. The Kier molecular flexibility index (Phi) is 5.62. The summed E-state index contributed by atoms with van der Waals surface area (Å²) in [4.78, 5) is 30.7. The fraction of sp³-hybridized carbons (Fsp3) is 0.476. The van der Waals surface area contributed by atoms with Gasteiger partial charge in [-0.15, -0.1) is 0 Å². The standard InChI is InChI=1S/C21H26FN5O2/c1-24-14-16(13-23-24)15-25-7-3-8-26(11-10-25)21(29)18-12-17(5-6-19(18)22)27-9-2-4-20(27)28/h5-6,12-14H,2-4,7-11,15H2,1H3. The first-order valence-electron chi connectivity index (χ1n) is 10.1.